The molecule has 1 aliphatic heterocycles. The van der Waals surface area contributed by atoms with E-state index in [1.54, 1.807) is 0 Å². The van der Waals surface area contributed by atoms with Gasteiger partial charge in [0.2, 0.25) is 0 Å². The third-order valence-electron chi connectivity index (χ3n) is 3.14. The first-order valence-electron chi connectivity index (χ1n) is 5.96. The molecule has 0 spiro atoms. The molecule has 0 amide bonds. The van der Waals surface area contributed by atoms with Crippen molar-refractivity contribution in [3.05, 3.63) is 33.3 Å². The van der Waals surface area contributed by atoms with Crippen LogP contribution < -0.4 is 5.32 Å². The van der Waals surface area contributed by atoms with Crippen LogP contribution in [0.15, 0.2) is 22.7 Å². The topological polar surface area (TPSA) is 21.3 Å². The molecular formula is C13H17BrClNO. The van der Waals surface area contributed by atoms with Crippen LogP contribution in [0.5, 0.6) is 0 Å². The second-order valence-electron chi connectivity index (χ2n) is 4.46. The van der Waals surface area contributed by atoms with E-state index in [0.29, 0.717) is 12.1 Å². The fourth-order valence-electron chi connectivity index (χ4n) is 2.08. The van der Waals surface area contributed by atoms with Crippen molar-refractivity contribution in [3.63, 3.8) is 0 Å². The Hall–Kier alpha value is -0.0900. The van der Waals surface area contributed by atoms with Gasteiger partial charge in [0.05, 0.1) is 6.10 Å². The zero-order valence-corrected chi connectivity index (χ0v) is 12.2. The third-order valence-corrected chi connectivity index (χ3v) is 4.15. The molecule has 1 heterocycles. The quantitative estimate of drug-likeness (QED) is 0.912. The Kier molecular flexibility index (Phi) is 4.86. The summed E-state index contributed by atoms with van der Waals surface area (Å²) in [4.78, 5) is 0. The van der Waals surface area contributed by atoms with Gasteiger partial charge in [0.25, 0.3) is 0 Å². The molecule has 2 rings (SSSR count). The number of benzene rings is 1. The Morgan fingerprint density at radius 1 is 1.59 bits per heavy atom. The maximum Gasteiger partial charge on any atom is 0.0726 e. The van der Waals surface area contributed by atoms with Gasteiger partial charge in [-0.15, -0.1) is 0 Å². The molecule has 17 heavy (non-hydrogen) atoms. The van der Waals surface area contributed by atoms with Gasteiger partial charge < -0.3 is 10.1 Å². The van der Waals surface area contributed by atoms with Gasteiger partial charge in [-0.1, -0.05) is 27.5 Å². The first kappa shape index (κ1) is 13.3. The lowest BCUT2D eigenvalue weighted by Crippen LogP contribution is -2.36. The highest BCUT2D eigenvalue weighted by atomic mass is 79.9. The van der Waals surface area contributed by atoms with Gasteiger partial charge in [0, 0.05) is 28.7 Å². The van der Waals surface area contributed by atoms with Crippen molar-refractivity contribution < 1.29 is 4.74 Å². The van der Waals surface area contributed by atoms with Crippen molar-refractivity contribution in [2.45, 2.75) is 38.5 Å². The number of nitrogens with one attached hydrogen (secondary N) is 1. The Morgan fingerprint density at radius 2 is 2.41 bits per heavy atom. The molecular weight excluding hydrogens is 302 g/mol. The molecule has 94 valence electrons. The van der Waals surface area contributed by atoms with Crippen LogP contribution in [0.25, 0.3) is 0 Å². The van der Waals surface area contributed by atoms with Gasteiger partial charge in [0.1, 0.15) is 0 Å². The summed E-state index contributed by atoms with van der Waals surface area (Å²) < 4.78 is 6.75. The maximum atomic E-state index is 5.99. The highest BCUT2D eigenvalue weighted by Crippen LogP contribution is 2.22. The molecule has 2 unspecified atom stereocenters. The van der Waals surface area contributed by atoms with E-state index in [0.717, 1.165) is 29.1 Å². The number of rotatable bonds is 4. The molecule has 1 saturated heterocycles. The summed E-state index contributed by atoms with van der Waals surface area (Å²) in [5, 5.41) is 4.27. The molecule has 4 heteroatoms. The van der Waals surface area contributed by atoms with Crippen LogP contribution in [0.4, 0.5) is 0 Å². The molecule has 2 nitrogen and oxygen atoms in total. The fourth-order valence-corrected chi connectivity index (χ4v) is 2.66. The zero-order chi connectivity index (χ0) is 12.3. The summed E-state index contributed by atoms with van der Waals surface area (Å²) in [6, 6.07) is 6.23. The van der Waals surface area contributed by atoms with Crippen molar-refractivity contribution in [1.29, 1.82) is 0 Å². The van der Waals surface area contributed by atoms with Crippen molar-refractivity contribution >= 4 is 27.5 Å². The Morgan fingerprint density at radius 3 is 3.12 bits per heavy atom. The Balaban J connectivity index is 1.90. The predicted octanol–water partition coefficient (Wildman–Crippen LogP) is 3.76. The lowest BCUT2D eigenvalue weighted by molar-refractivity contribution is 0.0832. The Labute approximate surface area is 116 Å². The normalized spacial score (nSPS) is 21.7. The van der Waals surface area contributed by atoms with E-state index in [2.05, 4.69) is 28.2 Å². The molecule has 1 fully saturated rings. The molecule has 0 radical (unpaired) electrons. The second-order valence-corrected chi connectivity index (χ2v) is 5.75. The molecule has 2 atom stereocenters. The van der Waals surface area contributed by atoms with E-state index in [1.807, 2.05) is 18.2 Å². The molecule has 0 aliphatic carbocycles. The summed E-state index contributed by atoms with van der Waals surface area (Å²) in [6.45, 7) is 3.88. The molecule has 0 aromatic heterocycles. The second kappa shape index (κ2) is 6.19. The SMILES string of the molecule is CC(NCc1cc(Cl)ccc1Br)C1CCCO1. The lowest BCUT2D eigenvalue weighted by Gasteiger charge is -2.20. The van der Waals surface area contributed by atoms with Gasteiger partial charge in [0.15, 0.2) is 0 Å². The Bertz CT molecular complexity index is 380. The van der Waals surface area contributed by atoms with E-state index < -0.39 is 0 Å². The van der Waals surface area contributed by atoms with Crippen molar-refractivity contribution in [2.75, 3.05) is 6.61 Å². The van der Waals surface area contributed by atoms with Gasteiger partial charge in [-0.05, 0) is 43.5 Å². The van der Waals surface area contributed by atoms with E-state index in [1.165, 1.54) is 12.0 Å². The molecule has 1 N–H and O–H groups in total. The highest BCUT2D eigenvalue weighted by Gasteiger charge is 2.21. The number of ether oxygens (including phenoxy) is 1. The summed E-state index contributed by atoms with van der Waals surface area (Å²) >= 11 is 9.52. The molecule has 1 aromatic rings. The zero-order valence-electron chi connectivity index (χ0n) is 9.88. The minimum absolute atomic E-state index is 0.355. The number of hydrogen-bond acceptors (Lipinski definition) is 2. The molecule has 0 saturated carbocycles. The van der Waals surface area contributed by atoms with Crippen LogP contribution in [-0.2, 0) is 11.3 Å². The van der Waals surface area contributed by atoms with Crippen LogP contribution in [-0.4, -0.2) is 18.8 Å². The van der Waals surface area contributed by atoms with Crippen molar-refractivity contribution in [2.24, 2.45) is 0 Å². The largest absolute Gasteiger partial charge is 0.377 e. The van der Waals surface area contributed by atoms with Crippen molar-refractivity contribution in [3.8, 4) is 0 Å². The predicted molar refractivity (Wildman–Crippen MR) is 74.4 cm³/mol. The summed E-state index contributed by atoms with van der Waals surface area (Å²) in [7, 11) is 0. The van der Waals surface area contributed by atoms with Crippen LogP contribution in [0, 0.1) is 0 Å². The van der Waals surface area contributed by atoms with E-state index in [4.69, 9.17) is 16.3 Å². The minimum Gasteiger partial charge on any atom is -0.377 e. The van der Waals surface area contributed by atoms with Crippen LogP contribution in [0.1, 0.15) is 25.3 Å². The number of hydrogen-bond donors (Lipinski definition) is 1. The molecule has 1 aliphatic rings. The third kappa shape index (κ3) is 3.68. The van der Waals surface area contributed by atoms with Gasteiger partial charge >= 0.3 is 0 Å². The average molecular weight is 319 g/mol. The molecule has 1 aromatic carbocycles. The lowest BCUT2D eigenvalue weighted by atomic mass is 10.1. The monoisotopic (exact) mass is 317 g/mol. The van der Waals surface area contributed by atoms with Crippen LogP contribution in [0.3, 0.4) is 0 Å². The molecule has 0 bridgehead atoms. The summed E-state index contributed by atoms with van der Waals surface area (Å²) in [6.07, 6.45) is 2.69. The fraction of sp³-hybridized carbons (Fsp3) is 0.538. The minimum atomic E-state index is 0.355. The van der Waals surface area contributed by atoms with Crippen LogP contribution in [0.2, 0.25) is 5.02 Å². The average Bonchev–Trinajstić information content (AvgIpc) is 2.83. The first-order chi connectivity index (χ1) is 8.16. The van der Waals surface area contributed by atoms with Gasteiger partial charge in [-0.3, -0.25) is 0 Å². The summed E-state index contributed by atoms with van der Waals surface area (Å²) in [5.74, 6) is 0. The van der Waals surface area contributed by atoms with E-state index >= 15 is 0 Å². The standard InChI is InChI=1S/C13H17BrClNO/c1-9(13-3-2-6-17-13)16-8-10-7-11(15)4-5-12(10)14/h4-5,7,9,13,16H,2-3,6,8H2,1H3. The van der Waals surface area contributed by atoms with Crippen molar-refractivity contribution in [1.82, 2.24) is 5.32 Å². The smallest absolute Gasteiger partial charge is 0.0726 e. The van der Waals surface area contributed by atoms with E-state index in [9.17, 15) is 0 Å². The summed E-state index contributed by atoms with van der Waals surface area (Å²) in [5.41, 5.74) is 1.18. The van der Waals surface area contributed by atoms with E-state index in [-0.39, 0.29) is 0 Å². The maximum absolute atomic E-state index is 5.99. The first-order valence-corrected chi connectivity index (χ1v) is 7.13. The number of halogens is 2. The van der Waals surface area contributed by atoms with Crippen LogP contribution >= 0.6 is 27.5 Å². The highest BCUT2D eigenvalue weighted by molar-refractivity contribution is 9.10. The van der Waals surface area contributed by atoms with Gasteiger partial charge in [-0.2, -0.15) is 0 Å². The van der Waals surface area contributed by atoms with Gasteiger partial charge in [-0.25, -0.2) is 0 Å².